The van der Waals surface area contributed by atoms with Gasteiger partial charge in [0, 0.05) is 35.8 Å². The molecule has 0 radical (unpaired) electrons. The molecule has 0 aromatic heterocycles. The largest absolute Gasteiger partial charge is 0.488 e. The second-order valence-corrected chi connectivity index (χ2v) is 14.0. The summed E-state index contributed by atoms with van der Waals surface area (Å²) in [6.45, 7) is 12.6. The lowest BCUT2D eigenvalue weighted by Crippen LogP contribution is -2.33. The highest BCUT2D eigenvalue weighted by molar-refractivity contribution is 6.09. The topological polar surface area (TPSA) is 99.2 Å². The van der Waals surface area contributed by atoms with E-state index in [-0.39, 0.29) is 30.6 Å². The van der Waals surface area contributed by atoms with Crippen LogP contribution in [0.5, 0.6) is 17.2 Å². The first-order valence-corrected chi connectivity index (χ1v) is 17.7. The van der Waals surface area contributed by atoms with Gasteiger partial charge >= 0.3 is 5.97 Å². The Hall–Kier alpha value is -5.24. The second kappa shape index (κ2) is 15.8. The predicted molar refractivity (Wildman–Crippen MR) is 196 cm³/mol. The first-order valence-electron chi connectivity index (χ1n) is 17.7. The van der Waals surface area contributed by atoms with Gasteiger partial charge in [0.05, 0.1) is 0 Å². The van der Waals surface area contributed by atoms with Crippen molar-refractivity contribution in [3.05, 3.63) is 125 Å². The van der Waals surface area contributed by atoms with Crippen molar-refractivity contribution in [3.8, 4) is 17.2 Å². The van der Waals surface area contributed by atoms with Crippen LogP contribution in [0.1, 0.15) is 119 Å². The fraction of sp³-hybridized carbons (Fsp3) is 0.349. The lowest BCUT2D eigenvalue weighted by molar-refractivity contribution is -0.197. The van der Waals surface area contributed by atoms with Crippen molar-refractivity contribution in [2.75, 3.05) is 0 Å². The highest BCUT2D eigenvalue weighted by Gasteiger charge is 2.35. The minimum Gasteiger partial charge on any atom is -0.488 e. The number of ether oxygens (including phenoxy) is 2. The summed E-state index contributed by atoms with van der Waals surface area (Å²) in [7, 11) is 0. The van der Waals surface area contributed by atoms with Crippen LogP contribution in [0.15, 0.2) is 97.1 Å². The third kappa shape index (κ3) is 8.92. The van der Waals surface area contributed by atoms with Gasteiger partial charge in [0.25, 0.3) is 11.8 Å². The van der Waals surface area contributed by atoms with Crippen molar-refractivity contribution in [2.24, 2.45) is 0 Å². The van der Waals surface area contributed by atoms with Crippen LogP contribution < -0.4 is 9.47 Å². The van der Waals surface area contributed by atoms with Crippen molar-refractivity contribution < 1.29 is 33.5 Å². The quantitative estimate of drug-likeness (QED) is 0.0906. The average Bonchev–Trinajstić information content (AvgIpc) is 3.46. The van der Waals surface area contributed by atoms with E-state index in [0.29, 0.717) is 40.0 Å². The summed E-state index contributed by atoms with van der Waals surface area (Å²) in [4.78, 5) is 55.2. The minimum atomic E-state index is -0.634. The molecule has 1 saturated heterocycles. The number of rotatable bonds is 15. The number of hydroxylamine groups is 2. The minimum absolute atomic E-state index is 0.00104. The van der Waals surface area contributed by atoms with Gasteiger partial charge in [0.1, 0.15) is 22.8 Å². The molecule has 0 aliphatic carbocycles. The first-order chi connectivity index (χ1) is 24.3. The number of carbonyl (C=O) groups excluding carboxylic acids is 4. The molecule has 1 heterocycles. The molecule has 266 valence electrons. The summed E-state index contributed by atoms with van der Waals surface area (Å²) in [5.74, 6) is 0.621. The number of nitrogens with zero attached hydrogens (tertiary/aromatic N) is 1. The van der Waals surface area contributed by atoms with Crippen LogP contribution in [0.25, 0.3) is 0 Å². The number of imide groups is 1. The zero-order valence-electron chi connectivity index (χ0n) is 30.4. The van der Waals surface area contributed by atoms with Crippen LogP contribution in [-0.2, 0) is 24.6 Å². The van der Waals surface area contributed by atoms with Crippen LogP contribution in [-0.4, -0.2) is 34.2 Å². The van der Waals surface area contributed by atoms with Gasteiger partial charge in [-0.05, 0) is 116 Å². The van der Waals surface area contributed by atoms with E-state index in [1.807, 2.05) is 50.2 Å². The van der Waals surface area contributed by atoms with Crippen LogP contribution in [0.2, 0.25) is 0 Å². The molecule has 1 aliphatic heterocycles. The molecule has 8 nitrogen and oxygen atoms in total. The third-order valence-electron chi connectivity index (χ3n) is 9.96. The lowest BCUT2D eigenvalue weighted by atomic mass is 9.72. The SMILES string of the molecule is CCC(C)c1ccc(C(C)(CCC(=O)ON2C(=O)CCC2=O)c2ccc(Oc3ccc(C(=O)c4ccc(OC(C)(C)CC)cc4)cc3)cc2)cc1. The van der Waals surface area contributed by atoms with E-state index in [1.54, 1.807) is 36.4 Å². The number of benzene rings is 4. The summed E-state index contributed by atoms with van der Waals surface area (Å²) < 4.78 is 12.2. The third-order valence-corrected chi connectivity index (χ3v) is 9.96. The van der Waals surface area contributed by atoms with Crippen LogP contribution in [0.3, 0.4) is 0 Å². The zero-order chi connectivity index (χ0) is 36.8. The van der Waals surface area contributed by atoms with Gasteiger partial charge in [-0.1, -0.05) is 64.1 Å². The maximum Gasteiger partial charge on any atom is 0.333 e. The van der Waals surface area contributed by atoms with E-state index >= 15 is 0 Å². The lowest BCUT2D eigenvalue weighted by Gasteiger charge is -2.31. The van der Waals surface area contributed by atoms with Crippen molar-refractivity contribution in [3.63, 3.8) is 0 Å². The molecule has 2 amide bonds. The Labute approximate surface area is 300 Å². The molecule has 2 unspecified atom stereocenters. The molecule has 1 fully saturated rings. The Morgan fingerprint density at radius 3 is 1.67 bits per heavy atom. The standard InChI is InChI=1S/C43H47NO7/c1-7-29(3)30-9-15-33(16-10-30)43(6,28-27-40(47)51-44-38(45)25-26-39(44)46)34-17-23-36(24-18-34)49-35-19-11-31(12-20-35)41(48)32-13-21-37(22-14-32)50-42(4,5)8-2/h9-24,29H,7-8,25-28H2,1-6H3. The molecule has 0 bridgehead atoms. The van der Waals surface area contributed by atoms with Gasteiger partial charge in [-0.3, -0.25) is 14.4 Å². The fourth-order valence-corrected chi connectivity index (χ4v) is 5.96. The molecular weight excluding hydrogens is 642 g/mol. The number of carbonyl (C=O) groups is 4. The van der Waals surface area contributed by atoms with E-state index in [0.717, 1.165) is 29.7 Å². The van der Waals surface area contributed by atoms with Crippen LogP contribution in [0, 0.1) is 0 Å². The Morgan fingerprint density at radius 1 is 0.706 bits per heavy atom. The summed E-state index contributed by atoms with van der Waals surface area (Å²) in [6.07, 6.45) is 2.37. The normalized spacial score (nSPS) is 14.9. The van der Waals surface area contributed by atoms with Crippen molar-refractivity contribution in [2.45, 2.75) is 97.0 Å². The number of amides is 2. The molecule has 0 N–H and O–H groups in total. The number of hydrogen-bond donors (Lipinski definition) is 0. The Kier molecular flexibility index (Phi) is 11.4. The molecule has 0 spiro atoms. The molecule has 4 aromatic rings. The predicted octanol–water partition coefficient (Wildman–Crippen LogP) is 9.48. The van der Waals surface area contributed by atoms with Gasteiger partial charge in [-0.15, -0.1) is 5.06 Å². The summed E-state index contributed by atoms with van der Waals surface area (Å²) in [6, 6.07) is 30.4. The zero-order valence-corrected chi connectivity index (χ0v) is 30.4. The Morgan fingerprint density at radius 2 is 1.18 bits per heavy atom. The fourth-order valence-electron chi connectivity index (χ4n) is 5.96. The molecule has 1 aliphatic rings. The monoisotopic (exact) mass is 689 g/mol. The van der Waals surface area contributed by atoms with Crippen molar-refractivity contribution >= 4 is 23.6 Å². The Bertz CT molecular complexity index is 1830. The summed E-state index contributed by atoms with van der Waals surface area (Å²) >= 11 is 0. The molecule has 5 rings (SSSR count). The van der Waals surface area contributed by atoms with Gasteiger partial charge in [0.15, 0.2) is 5.78 Å². The van der Waals surface area contributed by atoms with Gasteiger partial charge in [-0.25, -0.2) is 4.79 Å². The molecular formula is C43H47NO7. The van der Waals surface area contributed by atoms with Crippen molar-refractivity contribution in [1.82, 2.24) is 5.06 Å². The van der Waals surface area contributed by atoms with E-state index in [1.165, 1.54) is 5.56 Å². The highest BCUT2D eigenvalue weighted by atomic mass is 16.7. The van der Waals surface area contributed by atoms with Gasteiger partial charge in [-0.2, -0.15) is 0 Å². The van der Waals surface area contributed by atoms with Crippen LogP contribution >= 0.6 is 0 Å². The smallest absolute Gasteiger partial charge is 0.333 e. The van der Waals surface area contributed by atoms with E-state index in [2.05, 4.69) is 52.0 Å². The summed E-state index contributed by atoms with van der Waals surface area (Å²) in [5.41, 5.74) is 3.47. The average molecular weight is 690 g/mol. The summed E-state index contributed by atoms with van der Waals surface area (Å²) in [5, 5.41) is 0.594. The second-order valence-electron chi connectivity index (χ2n) is 14.0. The molecule has 2 atom stereocenters. The molecule has 8 heteroatoms. The van der Waals surface area contributed by atoms with Gasteiger partial charge in [0.2, 0.25) is 0 Å². The van der Waals surface area contributed by atoms with Crippen LogP contribution in [0.4, 0.5) is 0 Å². The number of ketones is 1. The molecule has 51 heavy (non-hydrogen) atoms. The van der Waals surface area contributed by atoms with Crippen molar-refractivity contribution in [1.29, 1.82) is 0 Å². The first kappa shape index (κ1) is 37.0. The van der Waals surface area contributed by atoms with Gasteiger partial charge < -0.3 is 14.3 Å². The number of hydrogen-bond acceptors (Lipinski definition) is 7. The van der Waals surface area contributed by atoms with E-state index < -0.39 is 23.2 Å². The van der Waals surface area contributed by atoms with E-state index in [9.17, 15) is 19.2 Å². The molecule has 4 aromatic carbocycles. The maximum absolute atomic E-state index is 13.2. The van der Waals surface area contributed by atoms with E-state index in [4.69, 9.17) is 14.3 Å². The Balaban J connectivity index is 1.28. The molecule has 0 saturated carbocycles. The highest BCUT2D eigenvalue weighted by Crippen LogP contribution is 2.39. The maximum atomic E-state index is 13.2.